The molecule has 0 aliphatic heterocycles. The van der Waals surface area contributed by atoms with Crippen molar-refractivity contribution in [2.24, 2.45) is 0 Å². The lowest BCUT2D eigenvalue weighted by molar-refractivity contribution is -0.146. The van der Waals surface area contributed by atoms with Gasteiger partial charge in [-0.05, 0) is 36.2 Å². The van der Waals surface area contributed by atoms with E-state index in [4.69, 9.17) is 10.5 Å². The van der Waals surface area contributed by atoms with Gasteiger partial charge in [-0.2, -0.15) is 0 Å². The number of rotatable bonds is 10. The number of hydrogen-bond donors (Lipinski definition) is 3. The van der Waals surface area contributed by atoms with E-state index in [1.54, 1.807) is 5.38 Å². The molecule has 0 spiro atoms. The molecule has 1 aromatic heterocycles. The molecule has 0 bridgehead atoms. The van der Waals surface area contributed by atoms with Crippen LogP contribution in [0.2, 0.25) is 0 Å². The number of benzene rings is 2. The van der Waals surface area contributed by atoms with Crippen molar-refractivity contribution in [2.75, 3.05) is 24.1 Å². The summed E-state index contributed by atoms with van der Waals surface area (Å²) >= 11 is 1.32. The Labute approximate surface area is 185 Å². The Morgan fingerprint density at radius 1 is 1.13 bits per heavy atom. The molecule has 2 aromatic carbocycles. The van der Waals surface area contributed by atoms with Gasteiger partial charge in [0, 0.05) is 24.5 Å². The Morgan fingerprint density at radius 3 is 2.52 bits per heavy atom. The van der Waals surface area contributed by atoms with Crippen molar-refractivity contribution < 1.29 is 14.3 Å². The molecule has 0 radical (unpaired) electrons. The van der Waals surface area contributed by atoms with E-state index in [0.29, 0.717) is 17.4 Å². The molecule has 0 saturated heterocycles. The predicted molar refractivity (Wildman–Crippen MR) is 123 cm³/mol. The fourth-order valence-electron chi connectivity index (χ4n) is 3.09. The molecule has 162 valence electrons. The van der Waals surface area contributed by atoms with Gasteiger partial charge in [0.15, 0.2) is 5.13 Å². The molecular weight excluding hydrogens is 412 g/mol. The van der Waals surface area contributed by atoms with Gasteiger partial charge in [-0.15, -0.1) is 11.3 Å². The van der Waals surface area contributed by atoms with Crippen LogP contribution in [-0.2, 0) is 27.2 Å². The van der Waals surface area contributed by atoms with Crippen LogP contribution in [0.4, 0.5) is 10.8 Å². The first-order valence-corrected chi connectivity index (χ1v) is 10.9. The molecule has 1 amide bonds. The number of nitrogens with two attached hydrogens (primary N) is 1. The van der Waals surface area contributed by atoms with Crippen LogP contribution >= 0.6 is 11.3 Å². The zero-order chi connectivity index (χ0) is 22.1. The number of ether oxygens (including phenoxy) is 1. The first-order chi connectivity index (χ1) is 15.0. The highest BCUT2D eigenvalue weighted by atomic mass is 32.1. The second-order valence-corrected chi connectivity index (χ2v) is 7.95. The first-order valence-electron chi connectivity index (χ1n) is 10.0. The number of hydrogen-bond acceptors (Lipinski definition) is 7. The summed E-state index contributed by atoms with van der Waals surface area (Å²) in [7, 11) is 0. The van der Waals surface area contributed by atoms with Gasteiger partial charge in [-0.25, -0.2) is 4.98 Å². The van der Waals surface area contributed by atoms with Crippen molar-refractivity contribution in [3.63, 3.8) is 0 Å². The Bertz CT molecular complexity index is 990. The minimum absolute atomic E-state index is 0.128. The Balaban J connectivity index is 1.43. The van der Waals surface area contributed by atoms with Crippen molar-refractivity contribution in [1.82, 2.24) is 10.3 Å². The number of aromatic nitrogens is 1. The number of nitrogens with zero attached hydrogens (tertiary/aromatic N) is 1. The molecule has 31 heavy (non-hydrogen) atoms. The topological polar surface area (TPSA) is 106 Å². The van der Waals surface area contributed by atoms with Crippen LogP contribution in [0.25, 0.3) is 0 Å². The van der Waals surface area contributed by atoms with Crippen molar-refractivity contribution >= 4 is 34.0 Å². The van der Waals surface area contributed by atoms with Gasteiger partial charge >= 0.3 is 5.97 Å². The van der Waals surface area contributed by atoms with E-state index in [1.165, 1.54) is 18.3 Å². The molecule has 3 aromatic rings. The van der Waals surface area contributed by atoms with Crippen LogP contribution in [0, 0.1) is 0 Å². The van der Waals surface area contributed by atoms with Crippen LogP contribution in [-0.4, -0.2) is 29.9 Å². The summed E-state index contributed by atoms with van der Waals surface area (Å²) in [6.07, 6.45) is 0.697. The van der Waals surface area contributed by atoms with Gasteiger partial charge < -0.3 is 21.1 Å². The maximum atomic E-state index is 12.1. The third kappa shape index (κ3) is 7.51. The average Bonchev–Trinajstić information content (AvgIpc) is 3.16. The molecule has 0 aliphatic carbocycles. The second-order valence-electron chi connectivity index (χ2n) is 7.06. The summed E-state index contributed by atoms with van der Waals surface area (Å²) < 4.78 is 5.43. The van der Waals surface area contributed by atoms with Gasteiger partial charge in [0.25, 0.3) is 0 Å². The van der Waals surface area contributed by atoms with E-state index in [2.05, 4.69) is 15.6 Å². The molecule has 1 heterocycles. The number of amides is 1. The lowest BCUT2D eigenvalue weighted by Crippen LogP contribution is -2.26. The molecule has 0 unspecified atom stereocenters. The summed E-state index contributed by atoms with van der Waals surface area (Å²) in [5, 5.41) is 8.47. The third-order valence-corrected chi connectivity index (χ3v) is 5.27. The maximum absolute atomic E-state index is 12.1. The SMILES string of the molecule is CC(=O)O[C@H](CNCCc1ccc(NC(=O)Cc2csc(N)n2)cc1)c1ccccc1. The molecule has 0 fully saturated rings. The average molecular weight is 439 g/mol. The van der Waals surface area contributed by atoms with Crippen LogP contribution in [0.15, 0.2) is 60.0 Å². The lowest BCUT2D eigenvalue weighted by Gasteiger charge is -2.18. The van der Waals surface area contributed by atoms with E-state index in [9.17, 15) is 9.59 Å². The van der Waals surface area contributed by atoms with Gasteiger partial charge in [0.05, 0.1) is 12.1 Å². The van der Waals surface area contributed by atoms with Gasteiger partial charge in [0.1, 0.15) is 6.10 Å². The van der Waals surface area contributed by atoms with Gasteiger partial charge in [0.2, 0.25) is 5.91 Å². The molecule has 4 N–H and O–H groups in total. The smallest absolute Gasteiger partial charge is 0.303 e. The Hall–Kier alpha value is -3.23. The van der Waals surface area contributed by atoms with Crippen LogP contribution < -0.4 is 16.4 Å². The number of thiazole rings is 1. The second kappa shape index (κ2) is 11.2. The van der Waals surface area contributed by atoms with Crippen LogP contribution in [0.1, 0.15) is 29.8 Å². The summed E-state index contributed by atoms with van der Waals surface area (Å²) in [4.78, 5) is 27.6. The number of carbonyl (C=O) groups excluding carboxylic acids is 2. The highest BCUT2D eigenvalue weighted by Crippen LogP contribution is 2.17. The molecular formula is C23H26N4O3S. The molecule has 1 atom stereocenters. The van der Waals surface area contributed by atoms with E-state index < -0.39 is 0 Å². The maximum Gasteiger partial charge on any atom is 0.303 e. The fraction of sp³-hybridized carbons (Fsp3) is 0.261. The normalized spacial score (nSPS) is 11.6. The minimum Gasteiger partial charge on any atom is -0.456 e. The van der Waals surface area contributed by atoms with E-state index in [0.717, 1.165) is 29.8 Å². The highest BCUT2D eigenvalue weighted by Gasteiger charge is 2.14. The fourth-order valence-corrected chi connectivity index (χ4v) is 3.65. The van der Waals surface area contributed by atoms with Crippen LogP contribution in [0.5, 0.6) is 0 Å². The monoisotopic (exact) mass is 438 g/mol. The number of carbonyl (C=O) groups is 2. The molecule has 0 saturated carbocycles. The summed E-state index contributed by atoms with van der Waals surface area (Å²) in [5.41, 5.74) is 9.10. The zero-order valence-corrected chi connectivity index (χ0v) is 18.2. The predicted octanol–water partition coefficient (Wildman–Crippen LogP) is 3.34. The van der Waals surface area contributed by atoms with Crippen molar-refractivity contribution in [1.29, 1.82) is 0 Å². The van der Waals surface area contributed by atoms with Gasteiger partial charge in [-0.1, -0.05) is 42.5 Å². The third-order valence-electron chi connectivity index (χ3n) is 4.55. The summed E-state index contributed by atoms with van der Waals surface area (Å²) in [5.74, 6) is -0.427. The Morgan fingerprint density at radius 2 is 1.87 bits per heavy atom. The van der Waals surface area contributed by atoms with E-state index >= 15 is 0 Å². The molecule has 7 nitrogen and oxygen atoms in total. The highest BCUT2D eigenvalue weighted by molar-refractivity contribution is 7.13. The molecule has 0 aliphatic rings. The van der Waals surface area contributed by atoms with E-state index in [-0.39, 0.29) is 24.4 Å². The molecule has 3 rings (SSSR count). The summed E-state index contributed by atoms with van der Waals surface area (Å²) in [6.45, 7) is 2.70. The number of esters is 1. The number of nitrogen functional groups attached to an aromatic ring is 1. The van der Waals surface area contributed by atoms with E-state index in [1.807, 2.05) is 54.6 Å². The van der Waals surface area contributed by atoms with Gasteiger partial charge in [-0.3, -0.25) is 9.59 Å². The standard InChI is InChI=1S/C23H26N4O3S/c1-16(28)30-21(18-5-3-2-4-6-18)14-25-12-11-17-7-9-19(10-8-17)26-22(29)13-20-15-31-23(24)27-20/h2-10,15,21,25H,11-14H2,1H3,(H2,24,27)(H,26,29)/t21-/m1/s1. The lowest BCUT2D eigenvalue weighted by atomic mass is 10.1. The largest absolute Gasteiger partial charge is 0.456 e. The molecule has 8 heteroatoms. The van der Waals surface area contributed by atoms with Crippen molar-refractivity contribution in [3.8, 4) is 0 Å². The van der Waals surface area contributed by atoms with Crippen molar-refractivity contribution in [3.05, 3.63) is 76.8 Å². The number of anilines is 2. The Kier molecular flexibility index (Phi) is 8.14. The number of nitrogens with one attached hydrogen (secondary N) is 2. The quantitative estimate of drug-likeness (QED) is 0.331. The van der Waals surface area contributed by atoms with Crippen molar-refractivity contribution in [2.45, 2.75) is 25.9 Å². The minimum atomic E-state index is -0.315. The van der Waals surface area contributed by atoms with Crippen LogP contribution in [0.3, 0.4) is 0 Å². The first kappa shape index (κ1) is 22.5. The summed E-state index contributed by atoms with van der Waals surface area (Å²) in [6, 6.07) is 17.4. The zero-order valence-electron chi connectivity index (χ0n) is 17.3.